The number of hydrogen-bond donors (Lipinski definition) is 1. The molecule has 0 spiro atoms. The highest BCUT2D eigenvalue weighted by Crippen LogP contribution is 2.23. The van der Waals surface area contributed by atoms with Crippen LogP contribution in [0.2, 0.25) is 0 Å². The molecule has 8 nitrogen and oxygen atoms in total. The predicted octanol–water partition coefficient (Wildman–Crippen LogP) is 3.65. The first kappa shape index (κ1) is 18.5. The molecular weight excluding hydrogens is 346 g/mol. The van der Waals surface area contributed by atoms with E-state index in [1.54, 1.807) is 56.5 Å². The van der Waals surface area contributed by atoms with Gasteiger partial charge in [-0.05, 0) is 40.7 Å². The maximum absolute atomic E-state index is 12.1. The van der Waals surface area contributed by atoms with Crippen LogP contribution in [0.5, 0.6) is 0 Å². The number of anilines is 1. The number of nitrogens with zero attached hydrogens (tertiary/aromatic N) is 4. The smallest absolute Gasteiger partial charge is 0.413 e. The largest absolute Gasteiger partial charge is 0.444 e. The molecule has 1 amide bonds. The summed E-state index contributed by atoms with van der Waals surface area (Å²) in [6.45, 7) is 8.61. The second-order valence-electron chi connectivity index (χ2n) is 7.16. The molecule has 0 aliphatic carbocycles. The molecule has 140 valence electrons. The van der Waals surface area contributed by atoms with Gasteiger partial charge in [-0.1, -0.05) is 18.2 Å². The summed E-state index contributed by atoms with van der Waals surface area (Å²) in [5.74, 6) is 1.26. The molecule has 0 bridgehead atoms. The summed E-state index contributed by atoms with van der Waals surface area (Å²) in [5, 5.41) is 6.98. The number of rotatable bonds is 3. The Labute approximate surface area is 156 Å². The van der Waals surface area contributed by atoms with E-state index in [4.69, 9.17) is 4.74 Å². The second-order valence-corrected chi connectivity index (χ2v) is 7.16. The lowest BCUT2D eigenvalue weighted by Crippen LogP contribution is -2.27. The van der Waals surface area contributed by atoms with Gasteiger partial charge in [0.2, 0.25) is 0 Å². The lowest BCUT2D eigenvalue weighted by molar-refractivity contribution is 0.0635. The van der Waals surface area contributed by atoms with Crippen LogP contribution < -0.4 is 5.32 Å². The van der Waals surface area contributed by atoms with Crippen molar-refractivity contribution in [3.63, 3.8) is 0 Å². The van der Waals surface area contributed by atoms with Crippen molar-refractivity contribution in [2.45, 2.75) is 40.2 Å². The normalized spacial score (nSPS) is 11.4. The number of ketones is 1. The summed E-state index contributed by atoms with van der Waals surface area (Å²) >= 11 is 0. The van der Waals surface area contributed by atoms with Crippen molar-refractivity contribution in [2.75, 3.05) is 5.32 Å². The summed E-state index contributed by atoms with van der Waals surface area (Å²) in [7, 11) is 0. The van der Waals surface area contributed by atoms with Crippen molar-refractivity contribution < 1.29 is 14.3 Å². The highest BCUT2D eigenvalue weighted by Gasteiger charge is 2.18. The molecular formula is C19H21N5O3. The fourth-order valence-electron chi connectivity index (χ4n) is 2.53. The maximum Gasteiger partial charge on any atom is 0.413 e. The van der Waals surface area contributed by atoms with Gasteiger partial charge >= 0.3 is 6.09 Å². The van der Waals surface area contributed by atoms with Gasteiger partial charge < -0.3 is 4.74 Å². The lowest BCUT2D eigenvalue weighted by Gasteiger charge is -2.19. The molecule has 27 heavy (non-hydrogen) atoms. The molecule has 0 fully saturated rings. The van der Waals surface area contributed by atoms with Gasteiger partial charge in [-0.25, -0.2) is 14.8 Å². The minimum absolute atomic E-state index is 0.0501. The molecule has 0 saturated carbocycles. The number of carbonyl (C=O) groups excluding carboxylic acids is 2. The Hall–Kier alpha value is -3.29. The maximum atomic E-state index is 12.1. The number of fused-ring (bicyclic) bond motifs is 1. The minimum Gasteiger partial charge on any atom is -0.444 e. The monoisotopic (exact) mass is 367 g/mol. The Morgan fingerprint density at radius 3 is 2.56 bits per heavy atom. The number of aryl methyl sites for hydroxylation is 1. The highest BCUT2D eigenvalue weighted by molar-refractivity contribution is 5.95. The summed E-state index contributed by atoms with van der Waals surface area (Å²) in [4.78, 5) is 32.7. The fraction of sp³-hybridized carbons (Fsp3) is 0.316. The van der Waals surface area contributed by atoms with Crippen LogP contribution in [0.25, 0.3) is 17.0 Å². The zero-order valence-electron chi connectivity index (χ0n) is 15.9. The molecule has 0 radical (unpaired) electrons. The Balaban J connectivity index is 2.07. The number of carbonyl (C=O) groups is 2. The molecule has 0 aliphatic rings. The van der Waals surface area contributed by atoms with E-state index in [2.05, 4.69) is 20.4 Å². The molecule has 1 aromatic carbocycles. The van der Waals surface area contributed by atoms with Crippen molar-refractivity contribution >= 4 is 23.3 Å². The average molecular weight is 367 g/mol. The summed E-state index contributed by atoms with van der Waals surface area (Å²) in [6, 6.07) is 8.68. The van der Waals surface area contributed by atoms with Crippen molar-refractivity contribution in [3.8, 4) is 11.4 Å². The van der Waals surface area contributed by atoms with Gasteiger partial charge in [-0.3, -0.25) is 10.1 Å². The summed E-state index contributed by atoms with van der Waals surface area (Å²) < 4.78 is 6.86. The van der Waals surface area contributed by atoms with Gasteiger partial charge in [0.15, 0.2) is 17.3 Å². The third-order valence-electron chi connectivity index (χ3n) is 3.59. The molecule has 3 aromatic rings. The first-order chi connectivity index (χ1) is 12.6. The van der Waals surface area contributed by atoms with Crippen molar-refractivity contribution in [3.05, 3.63) is 41.7 Å². The zero-order chi connectivity index (χ0) is 19.8. The average Bonchev–Trinajstić information content (AvgIpc) is 2.92. The number of Topliss-reactive ketones (excluding diaryl/α,β-unsaturated/α-hetero) is 1. The van der Waals surface area contributed by atoms with Crippen molar-refractivity contribution in [1.29, 1.82) is 0 Å². The first-order valence-corrected chi connectivity index (χ1v) is 8.48. The molecule has 0 atom stereocenters. The van der Waals surface area contributed by atoms with Gasteiger partial charge in [0, 0.05) is 17.2 Å². The van der Waals surface area contributed by atoms with Gasteiger partial charge in [0.05, 0.1) is 0 Å². The quantitative estimate of drug-likeness (QED) is 0.710. The van der Waals surface area contributed by atoms with E-state index < -0.39 is 11.7 Å². The highest BCUT2D eigenvalue weighted by atomic mass is 16.6. The van der Waals surface area contributed by atoms with Crippen molar-refractivity contribution in [1.82, 2.24) is 19.6 Å². The number of nitrogens with one attached hydrogen (secondary N) is 1. The van der Waals surface area contributed by atoms with Crippen LogP contribution in [-0.4, -0.2) is 37.1 Å². The SMILES string of the molecule is CC(=O)c1cccc(-c2nc(NC(=O)OC(C)(C)C)cc3nc(C)nn23)c1. The Morgan fingerprint density at radius 1 is 1.15 bits per heavy atom. The summed E-state index contributed by atoms with van der Waals surface area (Å²) in [6.07, 6.45) is -0.612. The van der Waals surface area contributed by atoms with Crippen LogP contribution >= 0.6 is 0 Å². The number of hydrogen-bond acceptors (Lipinski definition) is 6. The Bertz CT molecular complexity index is 1030. The van der Waals surface area contributed by atoms with Gasteiger partial charge in [0.25, 0.3) is 0 Å². The van der Waals surface area contributed by atoms with Gasteiger partial charge in [-0.2, -0.15) is 4.52 Å². The molecule has 1 N–H and O–H groups in total. The molecule has 3 rings (SSSR count). The standard InChI is InChI=1S/C19H21N5O3/c1-11(25)13-7-6-8-14(9-13)17-21-15(22-18(26)27-19(3,4)5)10-16-20-12(2)23-24(16)17/h6-10H,1-5H3,(H,22,26). The third-order valence-corrected chi connectivity index (χ3v) is 3.59. The van der Waals surface area contributed by atoms with Crippen LogP contribution in [0.4, 0.5) is 10.6 Å². The molecule has 2 heterocycles. The van der Waals surface area contributed by atoms with E-state index in [0.717, 1.165) is 0 Å². The molecule has 2 aromatic heterocycles. The minimum atomic E-state index is -0.627. The molecule has 8 heteroatoms. The van der Waals surface area contributed by atoms with Crippen LogP contribution in [-0.2, 0) is 4.74 Å². The number of amides is 1. The topological polar surface area (TPSA) is 98.5 Å². The Kier molecular flexibility index (Phi) is 4.65. The lowest BCUT2D eigenvalue weighted by atomic mass is 10.1. The van der Waals surface area contributed by atoms with Gasteiger partial charge in [-0.15, -0.1) is 5.10 Å². The zero-order valence-corrected chi connectivity index (χ0v) is 15.9. The number of aromatic nitrogens is 4. The number of benzene rings is 1. The Morgan fingerprint density at radius 2 is 1.89 bits per heavy atom. The van der Waals surface area contributed by atoms with E-state index in [1.807, 2.05) is 6.07 Å². The second kappa shape index (κ2) is 6.79. The molecule has 0 saturated heterocycles. The first-order valence-electron chi connectivity index (χ1n) is 8.48. The number of ether oxygens (including phenoxy) is 1. The fourth-order valence-corrected chi connectivity index (χ4v) is 2.53. The van der Waals surface area contributed by atoms with E-state index >= 15 is 0 Å². The molecule has 0 unspecified atom stereocenters. The summed E-state index contributed by atoms with van der Waals surface area (Å²) in [5.41, 5.74) is 1.14. The van der Waals surface area contributed by atoms with Crippen LogP contribution in [0.1, 0.15) is 43.9 Å². The molecule has 0 aliphatic heterocycles. The van der Waals surface area contributed by atoms with Crippen LogP contribution in [0, 0.1) is 6.92 Å². The van der Waals surface area contributed by atoms with Gasteiger partial charge in [0.1, 0.15) is 17.2 Å². The third kappa shape index (κ3) is 4.28. The predicted molar refractivity (Wildman–Crippen MR) is 101 cm³/mol. The van der Waals surface area contributed by atoms with E-state index in [9.17, 15) is 9.59 Å². The van der Waals surface area contributed by atoms with E-state index in [0.29, 0.717) is 28.4 Å². The van der Waals surface area contributed by atoms with Crippen LogP contribution in [0.15, 0.2) is 30.3 Å². The van der Waals surface area contributed by atoms with Crippen molar-refractivity contribution in [2.24, 2.45) is 0 Å². The van der Waals surface area contributed by atoms with E-state index in [1.165, 1.54) is 6.92 Å². The van der Waals surface area contributed by atoms with E-state index in [-0.39, 0.29) is 11.6 Å². The van der Waals surface area contributed by atoms with Crippen LogP contribution in [0.3, 0.4) is 0 Å².